The molecule has 0 saturated heterocycles. The van der Waals surface area contributed by atoms with Crippen molar-refractivity contribution in [1.29, 1.82) is 0 Å². The molecule has 2 heteroatoms. The van der Waals surface area contributed by atoms with Crippen LogP contribution in [-0.4, -0.2) is 14.9 Å². The van der Waals surface area contributed by atoms with Crippen LogP contribution >= 0.6 is 0 Å². The summed E-state index contributed by atoms with van der Waals surface area (Å²) in [6.07, 6.45) is 26.9. The molecule has 0 atom stereocenters. The lowest BCUT2D eigenvalue weighted by Crippen LogP contribution is -2.40. The Balaban J connectivity index is 3.25. The summed E-state index contributed by atoms with van der Waals surface area (Å²) in [5, 5.41) is 0.345. The van der Waals surface area contributed by atoms with Crippen LogP contribution in [0.15, 0.2) is 12.2 Å². The molecule has 0 saturated carbocycles. The lowest BCUT2D eigenvalue weighted by Gasteiger charge is -2.36. The average molecular weight is 411 g/mol. The second-order valence-corrected chi connectivity index (χ2v) is 15.1. The van der Waals surface area contributed by atoms with Crippen molar-refractivity contribution in [2.75, 3.05) is 6.61 Å². The van der Waals surface area contributed by atoms with Crippen LogP contribution < -0.4 is 0 Å². The average Bonchev–Trinajstić information content (AvgIpc) is 2.62. The van der Waals surface area contributed by atoms with Gasteiger partial charge in [-0.2, -0.15) is 0 Å². The first-order valence-electron chi connectivity index (χ1n) is 12.6. The van der Waals surface area contributed by atoms with Gasteiger partial charge in [0.1, 0.15) is 0 Å². The standard InChI is InChI=1S/C26H54OSi/c1-7-8-9-10-11-12-13-14-15-16-17-18-19-20-21-22-23-24-25-27-28(5,6)26(2,3)4/h12-13H,7-11,14-25H2,1-6H3/b13-12-. The van der Waals surface area contributed by atoms with Crippen molar-refractivity contribution in [3.8, 4) is 0 Å². The molecule has 1 nitrogen and oxygen atoms in total. The predicted molar refractivity (Wildman–Crippen MR) is 132 cm³/mol. The van der Waals surface area contributed by atoms with Crippen LogP contribution in [0.1, 0.15) is 130 Å². The van der Waals surface area contributed by atoms with E-state index in [1.165, 1.54) is 103 Å². The highest BCUT2D eigenvalue weighted by Gasteiger charge is 2.36. The molecule has 0 aliphatic carbocycles. The fourth-order valence-electron chi connectivity index (χ4n) is 3.25. The Labute approximate surface area is 180 Å². The van der Waals surface area contributed by atoms with E-state index in [0.29, 0.717) is 5.04 Å². The Bertz CT molecular complexity index is 354. The Hall–Kier alpha value is -0.0831. The highest BCUT2D eigenvalue weighted by molar-refractivity contribution is 6.74. The van der Waals surface area contributed by atoms with Crippen molar-refractivity contribution >= 4 is 8.32 Å². The largest absolute Gasteiger partial charge is 0.417 e. The molecule has 0 radical (unpaired) electrons. The van der Waals surface area contributed by atoms with E-state index in [-0.39, 0.29) is 0 Å². The van der Waals surface area contributed by atoms with Crippen LogP contribution in [0.25, 0.3) is 0 Å². The van der Waals surface area contributed by atoms with E-state index in [1.54, 1.807) is 0 Å². The van der Waals surface area contributed by atoms with Gasteiger partial charge in [-0.05, 0) is 50.2 Å². The molecule has 0 amide bonds. The van der Waals surface area contributed by atoms with Gasteiger partial charge in [0.15, 0.2) is 8.32 Å². The minimum atomic E-state index is -1.52. The second kappa shape index (κ2) is 17.7. The van der Waals surface area contributed by atoms with Gasteiger partial charge in [0.05, 0.1) is 0 Å². The maximum atomic E-state index is 6.26. The summed E-state index contributed by atoms with van der Waals surface area (Å²) in [7, 11) is -1.52. The molecule has 0 aromatic heterocycles. The van der Waals surface area contributed by atoms with Gasteiger partial charge in [0.2, 0.25) is 0 Å². The van der Waals surface area contributed by atoms with Crippen LogP contribution in [0.3, 0.4) is 0 Å². The highest BCUT2D eigenvalue weighted by atomic mass is 28.4. The normalized spacial score (nSPS) is 12.9. The van der Waals surface area contributed by atoms with Crippen LogP contribution in [0.2, 0.25) is 18.1 Å². The number of rotatable bonds is 19. The van der Waals surface area contributed by atoms with Gasteiger partial charge in [-0.25, -0.2) is 0 Å². The van der Waals surface area contributed by atoms with Crippen LogP contribution in [0.4, 0.5) is 0 Å². The summed E-state index contributed by atoms with van der Waals surface area (Å²) in [5.41, 5.74) is 0. The highest BCUT2D eigenvalue weighted by Crippen LogP contribution is 2.36. The van der Waals surface area contributed by atoms with Crippen molar-refractivity contribution < 1.29 is 4.43 Å². The third kappa shape index (κ3) is 16.8. The number of hydrogen-bond donors (Lipinski definition) is 0. The summed E-state index contributed by atoms with van der Waals surface area (Å²) in [4.78, 5) is 0. The molecular formula is C26H54OSi. The van der Waals surface area contributed by atoms with E-state index in [0.717, 1.165) is 6.61 Å². The minimum Gasteiger partial charge on any atom is -0.417 e. The number of unbranched alkanes of at least 4 members (excludes halogenated alkanes) is 14. The fourth-order valence-corrected chi connectivity index (χ4v) is 4.33. The minimum absolute atomic E-state index is 0.345. The van der Waals surface area contributed by atoms with Gasteiger partial charge in [-0.15, -0.1) is 0 Å². The molecule has 0 rings (SSSR count). The molecule has 0 bridgehead atoms. The van der Waals surface area contributed by atoms with Gasteiger partial charge in [0.25, 0.3) is 0 Å². The van der Waals surface area contributed by atoms with E-state index < -0.39 is 8.32 Å². The predicted octanol–water partition coefficient (Wildman–Crippen LogP) is 9.83. The van der Waals surface area contributed by atoms with Crippen molar-refractivity contribution in [1.82, 2.24) is 0 Å². The number of hydrogen-bond acceptors (Lipinski definition) is 1. The summed E-state index contributed by atoms with van der Waals surface area (Å²) in [6, 6.07) is 0. The molecule has 0 aromatic carbocycles. The van der Waals surface area contributed by atoms with Crippen molar-refractivity contribution in [2.24, 2.45) is 0 Å². The topological polar surface area (TPSA) is 9.23 Å². The third-order valence-electron chi connectivity index (χ3n) is 6.43. The summed E-state index contributed by atoms with van der Waals surface area (Å²) >= 11 is 0. The Morgan fingerprint density at radius 3 is 1.43 bits per heavy atom. The first-order chi connectivity index (χ1) is 13.3. The van der Waals surface area contributed by atoms with Gasteiger partial charge >= 0.3 is 0 Å². The molecule has 0 unspecified atom stereocenters. The molecule has 0 aliphatic heterocycles. The monoisotopic (exact) mass is 410 g/mol. The van der Waals surface area contributed by atoms with E-state index in [9.17, 15) is 0 Å². The Morgan fingerprint density at radius 1 is 0.607 bits per heavy atom. The van der Waals surface area contributed by atoms with E-state index in [1.807, 2.05) is 0 Å². The molecule has 168 valence electrons. The van der Waals surface area contributed by atoms with Gasteiger partial charge in [-0.3, -0.25) is 0 Å². The maximum Gasteiger partial charge on any atom is 0.191 e. The molecule has 28 heavy (non-hydrogen) atoms. The first-order valence-corrected chi connectivity index (χ1v) is 15.5. The van der Waals surface area contributed by atoms with E-state index >= 15 is 0 Å². The van der Waals surface area contributed by atoms with Crippen LogP contribution in [0, 0.1) is 0 Å². The van der Waals surface area contributed by atoms with Crippen LogP contribution in [-0.2, 0) is 4.43 Å². The second-order valence-electron chi connectivity index (χ2n) is 10.3. The zero-order valence-electron chi connectivity index (χ0n) is 20.6. The van der Waals surface area contributed by atoms with Gasteiger partial charge in [-0.1, -0.05) is 110 Å². The smallest absolute Gasteiger partial charge is 0.191 e. The van der Waals surface area contributed by atoms with Crippen molar-refractivity contribution in [3.63, 3.8) is 0 Å². The zero-order chi connectivity index (χ0) is 21.1. The quantitative estimate of drug-likeness (QED) is 0.117. The fraction of sp³-hybridized carbons (Fsp3) is 0.923. The molecule has 0 N–H and O–H groups in total. The van der Waals surface area contributed by atoms with Crippen molar-refractivity contribution in [2.45, 2.75) is 149 Å². The van der Waals surface area contributed by atoms with E-state index in [2.05, 4.69) is 52.9 Å². The van der Waals surface area contributed by atoms with Gasteiger partial charge < -0.3 is 4.43 Å². The zero-order valence-corrected chi connectivity index (χ0v) is 21.6. The molecule has 0 spiro atoms. The molecule has 0 aromatic rings. The van der Waals surface area contributed by atoms with Crippen molar-refractivity contribution in [3.05, 3.63) is 12.2 Å². The van der Waals surface area contributed by atoms with Gasteiger partial charge in [0, 0.05) is 6.61 Å². The molecular weight excluding hydrogens is 356 g/mol. The molecule has 0 heterocycles. The molecule has 0 aliphatic rings. The summed E-state index contributed by atoms with van der Waals surface area (Å²) in [5.74, 6) is 0. The first kappa shape index (κ1) is 27.9. The maximum absolute atomic E-state index is 6.26. The van der Waals surface area contributed by atoms with Crippen LogP contribution in [0.5, 0.6) is 0 Å². The molecule has 0 fully saturated rings. The Kier molecular flexibility index (Phi) is 17.7. The third-order valence-corrected chi connectivity index (χ3v) is 11.0. The summed E-state index contributed by atoms with van der Waals surface area (Å²) < 4.78 is 6.26. The lowest BCUT2D eigenvalue weighted by atomic mass is 10.1. The SMILES string of the molecule is CCCCCC/C=C\CCCCCCCCCCCCO[Si](C)(C)C(C)(C)C. The lowest BCUT2D eigenvalue weighted by molar-refractivity contribution is 0.277. The number of allylic oxidation sites excluding steroid dienone is 2. The van der Waals surface area contributed by atoms with E-state index in [4.69, 9.17) is 4.43 Å². The summed E-state index contributed by atoms with van der Waals surface area (Å²) in [6.45, 7) is 14.9. The Morgan fingerprint density at radius 2 is 1.00 bits per heavy atom.